The summed E-state index contributed by atoms with van der Waals surface area (Å²) >= 11 is 0. The van der Waals surface area contributed by atoms with Crippen LogP contribution < -0.4 is 0 Å². The van der Waals surface area contributed by atoms with Crippen molar-refractivity contribution in [2.75, 3.05) is 13.2 Å². The van der Waals surface area contributed by atoms with Crippen LogP contribution in [0.3, 0.4) is 0 Å². The van der Waals surface area contributed by atoms with Crippen molar-refractivity contribution in [1.82, 2.24) is 0 Å². The van der Waals surface area contributed by atoms with Gasteiger partial charge in [-0.15, -0.1) is 0 Å². The standard InChI is InChI=1S/C16H21FO2/c1-16(2,3)8-10-19-12-13-6-7-15(17)14(11-13)5-4-9-18/h6-7,11,18H,8-10,12H2,1-3H3. The van der Waals surface area contributed by atoms with Gasteiger partial charge in [-0.1, -0.05) is 38.7 Å². The molecule has 0 bridgehead atoms. The molecule has 19 heavy (non-hydrogen) atoms. The number of benzene rings is 1. The quantitative estimate of drug-likeness (QED) is 0.669. The number of halogens is 1. The zero-order chi connectivity index (χ0) is 14.3. The van der Waals surface area contributed by atoms with Crippen LogP contribution in [-0.2, 0) is 11.3 Å². The van der Waals surface area contributed by atoms with E-state index in [1.807, 2.05) is 0 Å². The number of hydrogen-bond acceptors (Lipinski definition) is 2. The van der Waals surface area contributed by atoms with Crippen LogP contribution in [0, 0.1) is 23.1 Å². The average Bonchev–Trinajstić information content (AvgIpc) is 2.33. The Bertz CT molecular complexity index is 464. The van der Waals surface area contributed by atoms with E-state index in [-0.39, 0.29) is 17.8 Å². The van der Waals surface area contributed by atoms with Crippen LogP contribution in [0.15, 0.2) is 18.2 Å². The summed E-state index contributed by atoms with van der Waals surface area (Å²) in [5, 5.41) is 8.62. The molecular weight excluding hydrogens is 243 g/mol. The summed E-state index contributed by atoms with van der Waals surface area (Å²) in [5.74, 6) is 4.66. The highest BCUT2D eigenvalue weighted by Crippen LogP contribution is 2.18. The van der Waals surface area contributed by atoms with Gasteiger partial charge in [-0.05, 0) is 29.5 Å². The van der Waals surface area contributed by atoms with Gasteiger partial charge in [0.15, 0.2) is 0 Å². The van der Waals surface area contributed by atoms with Crippen LogP contribution >= 0.6 is 0 Å². The zero-order valence-electron chi connectivity index (χ0n) is 11.8. The summed E-state index contributed by atoms with van der Waals surface area (Å²) in [6, 6.07) is 4.73. The molecule has 0 amide bonds. The minimum Gasteiger partial charge on any atom is -0.384 e. The molecule has 1 N–H and O–H groups in total. The second kappa shape index (κ2) is 7.28. The van der Waals surface area contributed by atoms with Crippen molar-refractivity contribution < 1.29 is 14.2 Å². The zero-order valence-corrected chi connectivity index (χ0v) is 11.8. The fourth-order valence-corrected chi connectivity index (χ4v) is 1.46. The number of aliphatic hydroxyl groups is 1. The highest BCUT2D eigenvalue weighted by Gasteiger charge is 2.09. The van der Waals surface area contributed by atoms with E-state index in [1.54, 1.807) is 12.1 Å². The maximum Gasteiger partial charge on any atom is 0.138 e. The van der Waals surface area contributed by atoms with Gasteiger partial charge in [-0.2, -0.15) is 0 Å². The largest absolute Gasteiger partial charge is 0.384 e. The Morgan fingerprint density at radius 1 is 1.32 bits per heavy atom. The van der Waals surface area contributed by atoms with Crippen molar-refractivity contribution in [2.24, 2.45) is 5.41 Å². The van der Waals surface area contributed by atoms with Gasteiger partial charge in [0.25, 0.3) is 0 Å². The van der Waals surface area contributed by atoms with Gasteiger partial charge in [0.2, 0.25) is 0 Å². The molecular formula is C16H21FO2. The topological polar surface area (TPSA) is 29.5 Å². The minimum atomic E-state index is -0.376. The fraction of sp³-hybridized carbons (Fsp3) is 0.500. The Morgan fingerprint density at radius 2 is 2.05 bits per heavy atom. The molecule has 1 aromatic rings. The number of hydrogen-bond donors (Lipinski definition) is 1. The van der Waals surface area contributed by atoms with Crippen molar-refractivity contribution in [1.29, 1.82) is 0 Å². The third kappa shape index (κ3) is 6.37. The van der Waals surface area contributed by atoms with Gasteiger partial charge in [-0.3, -0.25) is 0 Å². The normalized spacial score (nSPS) is 11.0. The smallest absolute Gasteiger partial charge is 0.138 e. The van der Waals surface area contributed by atoms with Gasteiger partial charge >= 0.3 is 0 Å². The Hall–Kier alpha value is -1.37. The van der Waals surface area contributed by atoms with Gasteiger partial charge in [-0.25, -0.2) is 4.39 Å². The molecule has 0 atom stereocenters. The second-order valence-electron chi connectivity index (χ2n) is 5.64. The maximum absolute atomic E-state index is 13.4. The van der Waals surface area contributed by atoms with Crippen LogP contribution in [0.1, 0.15) is 38.3 Å². The Kier molecular flexibility index (Phi) is 6.01. The first-order valence-electron chi connectivity index (χ1n) is 6.38. The molecule has 0 fully saturated rings. The molecule has 2 nitrogen and oxygen atoms in total. The summed E-state index contributed by atoms with van der Waals surface area (Å²) in [5.41, 5.74) is 1.43. The Morgan fingerprint density at radius 3 is 2.68 bits per heavy atom. The van der Waals surface area contributed by atoms with E-state index in [2.05, 4.69) is 32.6 Å². The van der Waals surface area contributed by atoms with Gasteiger partial charge in [0, 0.05) is 6.61 Å². The molecule has 3 heteroatoms. The summed E-state index contributed by atoms with van der Waals surface area (Å²) in [4.78, 5) is 0. The molecule has 0 aliphatic rings. The first-order valence-corrected chi connectivity index (χ1v) is 6.38. The first kappa shape index (κ1) is 15.7. The van der Waals surface area contributed by atoms with E-state index in [1.165, 1.54) is 6.07 Å². The fourth-order valence-electron chi connectivity index (χ4n) is 1.46. The predicted molar refractivity (Wildman–Crippen MR) is 74.1 cm³/mol. The van der Waals surface area contributed by atoms with Crippen LogP contribution in [0.5, 0.6) is 0 Å². The molecule has 0 radical (unpaired) electrons. The van der Waals surface area contributed by atoms with Gasteiger partial charge in [0.1, 0.15) is 12.4 Å². The van der Waals surface area contributed by atoms with E-state index < -0.39 is 0 Å². The molecule has 0 unspecified atom stereocenters. The first-order chi connectivity index (χ1) is 8.92. The molecule has 0 aliphatic carbocycles. The highest BCUT2D eigenvalue weighted by molar-refractivity contribution is 5.38. The summed E-state index contributed by atoms with van der Waals surface area (Å²) in [6.45, 7) is 7.35. The Balaban J connectivity index is 2.55. The lowest BCUT2D eigenvalue weighted by Gasteiger charge is -2.17. The van der Waals surface area contributed by atoms with Gasteiger partial charge < -0.3 is 9.84 Å². The minimum absolute atomic E-state index is 0.251. The molecule has 0 aromatic heterocycles. The molecule has 0 spiro atoms. The number of ether oxygens (including phenoxy) is 1. The summed E-state index contributed by atoms with van der Waals surface area (Å²) in [7, 11) is 0. The molecule has 0 heterocycles. The lowest BCUT2D eigenvalue weighted by molar-refractivity contribution is 0.0962. The van der Waals surface area contributed by atoms with E-state index in [0.717, 1.165) is 12.0 Å². The van der Waals surface area contributed by atoms with Crippen molar-refractivity contribution in [3.05, 3.63) is 35.1 Å². The molecule has 0 saturated carbocycles. The van der Waals surface area contributed by atoms with Crippen molar-refractivity contribution in [3.8, 4) is 11.8 Å². The third-order valence-corrected chi connectivity index (χ3v) is 2.60. The van der Waals surface area contributed by atoms with Crippen LogP contribution in [0.2, 0.25) is 0 Å². The van der Waals surface area contributed by atoms with E-state index in [4.69, 9.17) is 9.84 Å². The van der Waals surface area contributed by atoms with E-state index in [9.17, 15) is 4.39 Å². The van der Waals surface area contributed by atoms with Crippen molar-refractivity contribution in [3.63, 3.8) is 0 Å². The Labute approximate surface area is 114 Å². The lowest BCUT2D eigenvalue weighted by Crippen LogP contribution is -2.09. The monoisotopic (exact) mass is 264 g/mol. The predicted octanol–water partition coefficient (Wildman–Crippen LogP) is 3.12. The highest BCUT2D eigenvalue weighted by atomic mass is 19.1. The van der Waals surface area contributed by atoms with Crippen LogP contribution in [0.4, 0.5) is 4.39 Å². The molecule has 0 aliphatic heterocycles. The number of rotatable bonds is 4. The summed E-state index contributed by atoms with van der Waals surface area (Å²) in [6.07, 6.45) is 0.978. The third-order valence-electron chi connectivity index (χ3n) is 2.60. The molecule has 104 valence electrons. The molecule has 0 saturated heterocycles. The summed E-state index contributed by atoms with van der Waals surface area (Å²) < 4.78 is 19.0. The molecule has 1 rings (SSSR count). The van der Waals surface area contributed by atoms with E-state index in [0.29, 0.717) is 18.8 Å². The maximum atomic E-state index is 13.4. The van der Waals surface area contributed by atoms with Crippen molar-refractivity contribution in [2.45, 2.75) is 33.8 Å². The van der Waals surface area contributed by atoms with Crippen LogP contribution in [0.25, 0.3) is 0 Å². The average molecular weight is 264 g/mol. The van der Waals surface area contributed by atoms with Gasteiger partial charge in [0.05, 0.1) is 12.2 Å². The van der Waals surface area contributed by atoms with E-state index >= 15 is 0 Å². The number of aliphatic hydroxyl groups excluding tert-OH is 1. The lowest BCUT2D eigenvalue weighted by atomic mass is 9.93. The van der Waals surface area contributed by atoms with Crippen LogP contribution in [-0.4, -0.2) is 18.3 Å². The molecule has 1 aromatic carbocycles. The van der Waals surface area contributed by atoms with Crippen molar-refractivity contribution >= 4 is 0 Å². The second-order valence-corrected chi connectivity index (χ2v) is 5.64. The SMILES string of the molecule is CC(C)(C)CCOCc1ccc(F)c(C#CCO)c1.